The Labute approximate surface area is 116 Å². The molecule has 0 aliphatic rings. The zero-order chi connectivity index (χ0) is 17.4. The molecule has 0 unspecified atom stereocenters. The Morgan fingerprint density at radius 3 is 1.52 bits per heavy atom. The lowest BCUT2D eigenvalue weighted by atomic mass is 10.0. The number of hydrogen-bond acceptors (Lipinski definition) is 2. The third-order valence-electron chi connectivity index (χ3n) is 2.06. The Kier molecular flexibility index (Phi) is 5.28. The van der Waals surface area contributed by atoms with Gasteiger partial charge in [0.15, 0.2) is 0 Å². The zero-order valence-corrected chi connectivity index (χ0v) is 10.9. The first-order chi connectivity index (χ1) is 9.00. The van der Waals surface area contributed by atoms with Crippen molar-refractivity contribution in [2.45, 2.75) is 30.9 Å². The van der Waals surface area contributed by atoms with Gasteiger partial charge in [-0.1, -0.05) is 13.2 Å². The molecule has 0 saturated heterocycles. The highest BCUT2D eigenvalue weighted by Crippen LogP contribution is 2.56. The molecule has 0 N–H and O–H groups in total. The second-order valence-electron chi connectivity index (χ2n) is 3.81. The van der Waals surface area contributed by atoms with Crippen molar-refractivity contribution < 1.29 is 44.3 Å². The van der Waals surface area contributed by atoms with E-state index in [0.717, 1.165) is 6.92 Å². The van der Waals surface area contributed by atoms with Crippen LogP contribution >= 0.6 is 11.8 Å². The van der Waals surface area contributed by atoms with Gasteiger partial charge in [-0.15, -0.1) is 0 Å². The summed E-state index contributed by atoms with van der Waals surface area (Å²) < 4.78 is 113. The van der Waals surface area contributed by atoms with Crippen molar-refractivity contribution in [3.05, 3.63) is 23.6 Å². The molecule has 0 fully saturated rings. The smallest absolute Gasteiger partial charge is 0.282 e. The molecule has 0 radical (unpaired) electrons. The molecule has 122 valence electrons. The van der Waals surface area contributed by atoms with Crippen molar-refractivity contribution in [2.24, 2.45) is 0 Å². The zero-order valence-electron chi connectivity index (χ0n) is 10.1. The molecule has 11 heteroatoms. The van der Waals surface area contributed by atoms with E-state index >= 15 is 0 Å². The summed E-state index contributed by atoms with van der Waals surface area (Å²) in [6, 6.07) is 0. The average molecular weight is 346 g/mol. The van der Waals surface area contributed by atoms with Gasteiger partial charge in [-0.25, -0.2) is 0 Å². The Hall–Kier alpha value is -1.13. The maximum absolute atomic E-state index is 13.2. The van der Waals surface area contributed by atoms with E-state index in [-0.39, 0.29) is 0 Å². The van der Waals surface area contributed by atoms with Gasteiger partial charge in [0.1, 0.15) is 0 Å². The first-order valence-electron chi connectivity index (χ1n) is 4.77. The molecule has 0 saturated carbocycles. The summed E-state index contributed by atoms with van der Waals surface area (Å²) in [5, 5.41) is -1.33. The minimum Gasteiger partial charge on any atom is -0.282 e. The molecule has 0 aromatic carbocycles. The standard InChI is InChI=1S/C10H7F9OS/c1-4(2)6(20)21-5(3)7(11,12)8(13,14)9(15,16)10(17,18)19/h1,3H2,2H3. The summed E-state index contributed by atoms with van der Waals surface area (Å²) in [4.78, 5) is 8.84. The number of halogens is 9. The van der Waals surface area contributed by atoms with Gasteiger partial charge in [0, 0.05) is 0 Å². The summed E-state index contributed by atoms with van der Waals surface area (Å²) in [6.07, 6.45) is -6.91. The van der Waals surface area contributed by atoms with Crippen LogP contribution in [0.5, 0.6) is 0 Å². The summed E-state index contributed by atoms with van der Waals surface area (Å²) in [5.74, 6) is -19.8. The molecular weight excluding hydrogens is 339 g/mol. The maximum Gasteiger partial charge on any atom is 0.460 e. The third kappa shape index (κ3) is 3.38. The van der Waals surface area contributed by atoms with Crippen LogP contribution in [-0.2, 0) is 4.79 Å². The predicted molar refractivity (Wildman–Crippen MR) is 57.4 cm³/mol. The molecule has 0 spiro atoms. The number of allylic oxidation sites excluding steroid dienone is 1. The number of hydrogen-bond donors (Lipinski definition) is 0. The van der Waals surface area contributed by atoms with E-state index in [1.54, 1.807) is 0 Å². The Morgan fingerprint density at radius 2 is 1.24 bits per heavy atom. The Balaban J connectivity index is 5.63. The third-order valence-corrected chi connectivity index (χ3v) is 3.10. The van der Waals surface area contributed by atoms with Gasteiger partial charge in [-0.2, -0.15) is 39.5 Å². The highest BCUT2D eigenvalue weighted by molar-refractivity contribution is 8.17. The number of rotatable bonds is 5. The van der Waals surface area contributed by atoms with Crippen LogP contribution in [0.15, 0.2) is 23.6 Å². The molecule has 0 aliphatic heterocycles. The number of thioether (sulfide) groups is 1. The average Bonchev–Trinajstić information content (AvgIpc) is 2.26. The van der Waals surface area contributed by atoms with E-state index in [9.17, 15) is 44.3 Å². The van der Waals surface area contributed by atoms with Gasteiger partial charge >= 0.3 is 23.9 Å². The van der Waals surface area contributed by atoms with E-state index in [1.807, 2.05) is 0 Å². The van der Waals surface area contributed by atoms with Gasteiger partial charge in [0.05, 0.1) is 4.91 Å². The minimum absolute atomic E-state index is 0.414. The Morgan fingerprint density at radius 1 is 0.857 bits per heavy atom. The van der Waals surface area contributed by atoms with Crippen molar-refractivity contribution in [3.63, 3.8) is 0 Å². The minimum atomic E-state index is -7.01. The van der Waals surface area contributed by atoms with Crippen molar-refractivity contribution in [2.75, 3.05) is 0 Å². The van der Waals surface area contributed by atoms with E-state index in [1.165, 1.54) is 0 Å². The van der Waals surface area contributed by atoms with Crippen molar-refractivity contribution >= 4 is 16.9 Å². The summed E-state index contributed by atoms with van der Waals surface area (Å²) >= 11 is -0.695. The van der Waals surface area contributed by atoms with Gasteiger partial charge in [0.2, 0.25) is 5.12 Å². The molecule has 0 aromatic heterocycles. The molecule has 1 nitrogen and oxygen atoms in total. The molecule has 0 atom stereocenters. The van der Waals surface area contributed by atoms with Gasteiger partial charge in [-0.05, 0) is 24.3 Å². The lowest BCUT2D eigenvalue weighted by Crippen LogP contribution is -2.61. The van der Waals surface area contributed by atoms with Crippen molar-refractivity contribution in [1.29, 1.82) is 0 Å². The fourth-order valence-electron chi connectivity index (χ4n) is 0.813. The maximum atomic E-state index is 13.2. The first-order valence-corrected chi connectivity index (χ1v) is 5.59. The van der Waals surface area contributed by atoms with Crippen LogP contribution in [0.4, 0.5) is 39.5 Å². The van der Waals surface area contributed by atoms with Crippen LogP contribution < -0.4 is 0 Å². The van der Waals surface area contributed by atoms with Crippen LogP contribution in [-0.4, -0.2) is 29.1 Å². The van der Waals surface area contributed by atoms with E-state index < -0.39 is 51.3 Å². The number of carbonyl (C=O) groups is 1. The second-order valence-corrected chi connectivity index (χ2v) is 4.88. The summed E-state index contributed by atoms with van der Waals surface area (Å²) in [6.45, 7) is 6.24. The fourth-order valence-corrected chi connectivity index (χ4v) is 1.47. The number of carbonyl (C=O) groups excluding carboxylic acids is 1. The quantitative estimate of drug-likeness (QED) is 0.525. The predicted octanol–water partition coefficient (Wildman–Crippen LogP) is 4.80. The van der Waals surface area contributed by atoms with Crippen molar-refractivity contribution in [1.82, 2.24) is 0 Å². The largest absolute Gasteiger partial charge is 0.460 e. The molecule has 0 amide bonds. The van der Waals surface area contributed by atoms with Crippen LogP contribution in [0.3, 0.4) is 0 Å². The Bertz CT molecular complexity index is 464. The van der Waals surface area contributed by atoms with E-state index in [4.69, 9.17) is 0 Å². The molecule has 0 rings (SSSR count). The molecular formula is C10H7F9OS. The summed E-state index contributed by atoms with van der Waals surface area (Å²) in [7, 11) is 0. The highest BCUT2D eigenvalue weighted by atomic mass is 32.2. The van der Waals surface area contributed by atoms with Crippen LogP contribution in [0.1, 0.15) is 6.92 Å². The van der Waals surface area contributed by atoms with Gasteiger partial charge in [-0.3, -0.25) is 4.79 Å². The first kappa shape index (κ1) is 19.9. The molecule has 0 aliphatic carbocycles. The SMILES string of the molecule is C=C(C)C(=O)SC(=C)C(F)(F)C(F)(F)C(F)(F)C(F)(F)F. The molecule has 0 heterocycles. The topological polar surface area (TPSA) is 17.1 Å². The molecule has 0 bridgehead atoms. The van der Waals surface area contributed by atoms with Gasteiger partial charge in [0.25, 0.3) is 0 Å². The molecule has 21 heavy (non-hydrogen) atoms. The number of alkyl halides is 9. The highest BCUT2D eigenvalue weighted by Gasteiger charge is 2.82. The van der Waals surface area contributed by atoms with E-state index in [0.29, 0.717) is 0 Å². The lowest BCUT2D eigenvalue weighted by molar-refractivity contribution is -0.388. The summed E-state index contributed by atoms with van der Waals surface area (Å²) in [5.41, 5.74) is -0.414. The normalized spacial score (nSPS) is 14.0. The van der Waals surface area contributed by atoms with Crippen molar-refractivity contribution in [3.8, 4) is 0 Å². The van der Waals surface area contributed by atoms with Crippen LogP contribution in [0.25, 0.3) is 0 Å². The fraction of sp³-hybridized carbons (Fsp3) is 0.500. The molecule has 0 aromatic rings. The van der Waals surface area contributed by atoms with E-state index in [2.05, 4.69) is 13.2 Å². The lowest BCUT2D eigenvalue weighted by Gasteiger charge is -2.34. The van der Waals surface area contributed by atoms with Gasteiger partial charge < -0.3 is 0 Å². The second kappa shape index (κ2) is 5.58. The monoisotopic (exact) mass is 346 g/mol. The van der Waals surface area contributed by atoms with Crippen LogP contribution in [0, 0.1) is 0 Å². The van der Waals surface area contributed by atoms with Crippen LogP contribution in [0.2, 0.25) is 0 Å².